The van der Waals surface area contributed by atoms with E-state index in [4.69, 9.17) is 4.74 Å². The molecule has 2 aliphatic rings. The van der Waals surface area contributed by atoms with Crippen LogP contribution >= 0.6 is 0 Å². The van der Waals surface area contributed by atoms with Gasteiger partial charge in [-0.05, 0) is 31.4 Å². The lowest BCUT2D eigenvalue weighted by molar-refractivity contribution is -0.127. The van der Waals surface area contributed by atoms with Crippen LogP contribution in [0, 0.1) is 0 Å². The summed E-state index contributed by atoms with van der Waals surface area (Å²) >= 11 is 0. The lowest BCUT2D eigenvalue weighted by Crippen LogP contribution is -2.38. The number of carbonyl (C=O) groups is 2. The largest absolute Gasteiger partial charge is 0.503 e. The van der Waals surface area contributed by atoms with Crippen LogP contribution in [0.1, 0.15) is 18.9 Å². The molecule has 3 rings (SSSR count). The van der Waals surface area contributed by atoms with Crippen LogP contribution in [0.15, 0.2) is 35.6 Å². The monoisotopic (exact) mass is 316 g/mol. The Kier molecular flexibility index (Phi) is 4.23. The summed E-state index contributed by atoms with van der Waals surface area (Å²) in [6.07, 6.45) is 1.63. The van der Waals surface area contributed by atoms with Gasteiger partial charge < -0.3 is 20.1 Å². The number of hydrogen-bond acceptors (Lipinski definition) is 4. The van der Waals surface area contributed by atoms with Crippen LogP contribution in [0.4, 0.5) is 0 Å². The number of para-hydroxylation sites is 1. The number of aliphatic hydroxyl groups is 1. The average molecular weight is 316 g/mol. The summed E-state index contributed by atoms with van der Waals surface area (Å²) in [5.41, 5.74) is 1.31. The minimum Gasteiger partial charge on any atom is -0.503 e. The third-order valence-corrected chi connectivity index (χ3v) is 4.27. The molecule has 23 heavy (non-hydrogen) atoms. The molecule has 0 saturated carbocycles. The standard InChI is InChI=1S/C17H20N2O4/c1-2-19-10-13(15(20)17(19)22)16(21)18-9-12-8-7-11-5-3-4-6-14(11)23-12/h3-6,12,20H,2,7-10H2,1H3,(H,18,21). The molecule has 6 heteroatoms. The van der Waals surface area contributed by atoms with Gasteiger partial charge in [0.05, 0.1) is 18.7 Å². The fourth-order valence-corrected chi connectivity index (χ4v) is 2.89. The van der Waals surface area contributed by atoms with Crippen molar-refractivity contribution >= 4 is 11.8 Å². The van der Waals surface area contributed by atoms with Crippen LogP contribution in [0.2, 0.25) is 0 Å². The van der Waals surface area contributed by atoms with Gasteiger partial charge in [-0.3, -0.25) is 9.59 Å². The lowest BCUT2D eigenvalue weighted by atomic mass is 10.0. The van der Waals surface area contributed by atoms with Crippen molar-refractivity contribution in [2.45, 2.75) is 25.9 Å². The SMILES string of the molecule is CCN1CC(C(=O)NCC2CCc3ccccc3O2)=C(O)C1=O. The van der Waals surface area contributed by atoms with Crippen molar-refractivity contribution in [1.82, 2.24) is 10.2 Å². The quantitative estimate of drug-likeness (QED) is 0.874. The number of fused-ring (bicyclic) bond motifs is 1. The summed E-state index contributed by atoms with van der Waals surface area (Å²) in [5.74, 6) is -0.484. The van der Waals surface area contributed by atoms with Gasteiger partial charge in [0.1, 0.15) is 11.9 Å². The van der Waals surface area contributed by atoms with E-state index in [-0.39, 0.29) is 18.2 Å². The zero-order valence-electron chi connectivity index (χ0n) is 13.0. The first-order valence-corrected chi connectivity index (χ1v) is 7.84. The van der Waals surface area contributed by atoms with E-state index >= 15 is 0 Å². The van der Waals surface area contributed by atoms with Crippen molar-refractivity contribution in [3.8, 4) is 5.75 Å². The molecule has 2 heterocycles. The molecule has 2 amide bonds. The average Bonchev–Trinajstić information content (AvgIpc) is 2.87. The summed E-state index contributed by atoms with van der Waals surface area (Å²) in [6.45, 7) is 2.77. The maximum atomic E-state index is 12.2. The van der Waals surface area contributed by atoms with Gasteiger partial charge in [0.2, 0.25) is 0 Å². The van der Waals surface area contributed by atoms with Crippen molar-refractivity contribution in [3.05, 3.63) is 41.2 Å². The summed E-state index contributed by atoms with van der Waals surface area (Å²) in [6, 6.07) is 7.87. The van der Waals surface area contributed by atoms with Gasteiger partial charge in [0.25, 0.3) is 11.8 Å². The van der Waals surface area contributed by atoms with Crippen LogP contribution in [0.3, 0.4) is 0 Å². The van der Waals surface area contributed by atoms with Crippen LogP contribution < -0.4 is 10.1 Å². The first kappa shape index (κ1) is 15.4. The van der Waals surface area contributed by atoms with Crippen molar-refractivity contribution in [3.63, 3.8) is 0 Å². The van der Waals surface area contributed by atoms with Crippen LogP contribution in [-0.2, 0) is 16.0 Å². The molecular weight excluding hydrogens is 296 g/mol. The summed E-state index contributed by atoms with van der Waals surface area (Å²) in [5, 5.41) is 12.6. The Morgan fingerprint density at radius 3 is 2.96 bits per heavy atom. The van der Waals surface area contributed by atoms with E-state index in [1.807, 2.05) is 24.3 Å². The van der Waals surface area contributed by atoms with Gasteiger partial charge in [-0.15, -0.1) is 0 Å². The number of nitrogens with zero attached hydrogens (tertiary/aromatic N) is 1. The molecule has 0 saturated heterocycles. The molecule has 0 radical (unpaired) electrons. The van der Waals surface area contributed by atoms with E-state index in [9.17, 15) is 14.7 Å². The number of carbonyl (C=O) groups excluding carboxylic acids is 2. The summed E-state index contributed by atoms with van der Waals surface area (Å²) < 4.78 is 5.86. The van der Waals surface area contributed by atoms with Crippen molar-refractivity contribution < 1.29 is 19.4 Å². The highest BCUT2D eigenvalue weighted by Crippen LogP contribution is 2.26. The third-order valence-electron chi connectivity index (χ3n) is 4.27. The van der Waals surface area contributed by atoms with Gasteiger partial charge in [0.15, 0.2) is 5.76 Å². The smallest absolute Gasteiger partial charge is 0.289 e. The predicted molar refractivity (Wildman–Crippen MR) is 84.1 cm³/mol. The first-order chi connectivity index (χ1) is 11.1. The second-order valence-corrected chi connectivity index (χ2v) is 5.74. The van der Waals surface area contributed by atoms with E-state index in [2.05, 4.69) is 5.32 Å². The van der Waals surface area contributed by atoms with E-state index in [1.165, 1.54) is 10.5 Å². The maximum Gasteiger partial charge on any atom is 0.289 e. The van der Waals surface area contributed by atoms with Crippen LogP contribution in [-0.4, -0.2) is 47.6 Å². The second-order valence-electron chi connectivity index (χ2n) is 5.74. The number of rotatable bonds is 4. The Labute approximate surface area is 134 Å². The number of benzene rings is 1. The molecule has 1 aromatic rings. The number of likely N-dealkylation sites (N-methyl/N-ethyl adjacent to an activating group) is 1. The molecule has 122 valence electrons. The first-order valence-electron chi connectivity index (χ1n) is 7.84. The number of amides is 2. The van der Waals surface area contributed by atoms with Gasteiger partial charge >= 0.3 is 0 Å². The van der Waals surface area contributed by atoms with E-state index < -0.39 is 17.6 Å². The molecule has 1 aromatic carbocycles. The second kappa shape index (κ2) is 6.32. The minimum atomic E-state index is -0.486. The number of nitrogens with one attached hydrogen (secondary N) is 1. The lowest BCUT2D eigenvalue weighted by Gasteiger charge is -2.26. The maximum absolute atomic E-state index is 12.2. The van der Waals surface area contributed by atoms with Gasteiger partial charge in [-0.2, -0.15) is 0 Å². The van der Waals surface area contributed by atoms with Crippen LogP contribution in [0.25, 0.3) is 0 Å². The highest BCUT2D eigenvalue weighted by atomic mass is 16.5. The molecular formula is C17H20N2O4. The molecule has 0 spiro atoms. The molecule has 1 atom stereocenters. The van der Waals surface area contributed by atoms with Crippen LogP contribution in [0.5, 0.6) is 5.75 Å². The van der Waals surface area contributed by atoms with Crippen molar-refractivity contribution in [1.29, 1.82) is 0 Å². The number of aryl methyl sites for hydroxylation is 1. The number of hydrogen-bond donors (Lipinski definition) is 2. The molecule has 6 nitrogen and oxygen atoms in total. The molecule has 0 aliphatic carbocycles. The summed E-state index contributed by atoms with van der Waals surface area (Å²) in [4.78, 5) is 25.3. The molecule has 1 unspecified atom stereocenters. The van der Waals surface area contributed by atoms with Crippen molar-refractivity contribution in [2.75, 3.05) is 19.6 Å². The fourth-order valence-electron chi connectivity index (χ4n) is 2.89. The Bertz CT molecular complexity index is 668. The van der Waals surface area contributed by atoms with Gasteiger partial charge in [0, 0.05) is 6.54 Å². The van der Waals surface area contributed by atoms with Gasteiger partial charge in [-0.1, -0.05) is 18.2 Å². The zero-order valence-corrected chi connectivity index (χ0v) is 13.0. The number of ether oxygens (including phenoxy) is 1. The topological polar surface area (TPSA) is 78.9 Å². The van der Waals surface area contributed by atoms with E-state index in [1.54, 1.807) is 6.92 Å². The van der Waals surface area contributed by atoms with Crippen molar-refractivity contribution in [2.24, 2.45) is 0 Å². The Balaban J connectivity index is 1.57. The normalized spacial score (nSPS) is 20.3. The Morgan fingerprint density at radius 1 is 1.43 bits per heavy atom. The highest BCUT2D eigenvalue weighted by Gasteiger charge is 2.33. The molecule has 2 aliphatic heterocycles. The number of aliphatic hydroxyl groups excluding tert-OH is 1. The minimum absolute atomic E-state index is 0.101. The molecule has 0 aromatic heterocycles. The van der Waals surface area contributed by atoms with E-state index in [0.29, 0.717) is 13.1 Å². The summed E-state index contributed by atoms with van der Waals surface area (Å²) in [7, 11) is 0. The Hall–Kier alpha value is -2.50. The van der Waals surface area contributed by atoms with Gasteiger partial charge in [-0.25, -0.2) is 0 Å². The molecule has 0 bridgehead atoms. The zero-order chi connectivity index (χ0) is 16.4. The highest BCUT2D eigenvalue weighted by molar-refractivity contribution is 6.06. The molecule has 2 N–H and O–H groups in total. The predicted octanol–water partition coefficient (Wildman–Crippen LogP) is 1.17. The third kappa shape index (κ3) is 3.02. The Morgan fingerprint density at radius 2 is 2.22 bits per heavy atom. The molecule has 0 fully saturated rings. The fraction of sp³-hybridized carbons (Fsp3) is 0.412. The van der Waals surface area contributed by atoms with E-state index in [0.717, 1.165) is 18.6 Å².